The first-order valence-corrected chi connectivity index (χ1v) is 5.31. The molecule has 0 aliphatic rings. The molecular weight excluding hydrogens is 196 g/mol. The number of nitrogens with one attached hydrogen (secondary N) is 1. The molecule has 4 N–H and O–H groups in total. The highest BCUT2D eigenvalue weighted by molar-refractivity contribution is 5.86. The van der Waals surface area contributed by atoms with Crippen LogP contribution in [0.4, 0.5) is 0 Å². The smallest absolute Gasteiger partial charge is 0.326 e. The lowest BCUT2D eigenvalue weighted by molar-refractivity contribution is -0.142. The summed E-state index contributed by atoms with van der Waals surface area (Å²) in [6.07, 6.45) is 2.52. The summed E-state index contributed by atoms with van der Waals surface area (Å²) in [7, 11) is 0. The highest BCUT2D eigenvalue weighted by Gasteiger charge is 2.21. The number of carboxylic acids is 1. The van der Waals surface area contributed by atoms with Gasteiger partial charge in [0.2, 0.25) is 5.91 Å². The number of amides is 1. The fourth-order valence-electron chi connectivity index (χ4n) is 1.27. The molecule has 0 saturated carbocycles. The van der Waals surface area contributed by atoms with E-state index in [9.17, 15) is 9.59 Å². The minimum Gasteiger partial charge on any atom is -0.480 e. The van der Waals surface area contributed by atoms with Crippen LogP contribution in [0.1, 0.15) is 39.5 Å². The van der Waals surface area contributed by atoms with E-state index >= 15 is 0 Å². The molecule has 5 nitrogen and oxygen atoms in total. The van der Waals surface area contributed by atoms with Gasteiger partial charge < -0.3 is 16.2 Å². The fourth-order valence-corrected chi connectivity index (χ4v) is 1.27. The second-order valence-electron chi connectivity index (χ2n) is 3.58. The van der Waals surface area contributed by atoms with Gasteiger partial charge >= 0.3 is 5.97 Å². The van der Waals surface area contributed by atoms with Gasteiger partial charge in [0.05, 0.1) is 6.04 Å². The zero-order valence-electron chi connectivity index (χ0n) is 9.32. The summed E-state index contributed by atoms with van der Waals surface area (Å²) in [5.74, 6) is -1.38. The predicted molar refractivity (Wildman–Crippen MR) is 57.4 cm³/mol. The van der Waals surface area contributed by atoms with Crippen molar-refractivity contribution in [3.8, 4) is 0 Å². The van der Waals surface area contributed by atoms with Crippen molar-refractivity contribution in [1.82, 2.24) is 5.32 Å². The van der Waals surface area contributed by atoms with Crippen molar-refractivity contribution < 1.29 is 14.7 Å². The molecule has 15 heavy (non-hydrogen) atoms. The third-order valence-electron chi connectivity index (χ3n) is 2.13. The Hall–Kier alpha value is -1.10. The molecule has 0 aromatic carbocycles. The summed E-state index contributed by atoms with van der Waals surface area (Å²) >= 11 is 0. The van der Waals surface area contributed by atoms with Crippen molar-refractivity contribution in [2.75, 3.05) is 0 Å². The van der Waals surface area contributed by atoms with Crippen molar-refractivity contribution in [3.05, 3.63) is 0 Å². The minimum atomic E-state index is -1.01. The zero-order chi connectivity index (χ0) is 11.8. The molecule has 0 unspecified atom stereocenters. The molecule has 0 radical (unpaired) electrons. The van der Waals surface area contributed by atoms with Gasteiger partial charge in [0, 0.05) is 0 Å². The summed E-state index contributed by atoms with van der Waals surface area (Å²) in [4.78, 5) is 22.2. The topological polar surface area (TPSA) is 92.4 Å². The summed E-state index contributed by atoms with van der Waals surface area (Å²) < 4.78 is 0. The summed E-state index contributed by atoms with van der Waals surface area (Å²) in [6.45, 7) is 3.79. The molecule has 0 heterocycles. The van der Waals surface area contributed by atoms with Crippen LogP contribution in [0.25, 0.3) is 0 Å². The Bertz CT molecular complexity index is 219. The van der Waals surface area contributed by atoms with Crippen molar-refractivity contribution in [1.29, 1.82) is 0 Å². The Morgan fingerprint density at radius 2 is 1.80 bits per heavy atom. The average Bonchev–Trinajstić information content (AvgIpc) is 2.17. The standard InChI is InChI=1S/C10H20N2O3/c1-3-5-7(11)9(13)12-8(6-4-2)10(14)15/h7-8H,3-6,11H2,1-2H3,(H,12,13)(H,14,15)/t7-,8-/m0/s1. The van der Waals surface area contributed by atoms with E-state index in [0.717, 1.165) is 6.42 Å². The number of carboxylic acid groups (broad SMARTS) is 1. The zero-order valence-corrected chi connectivity index (χ0v) is 9.32. The molecule has 0 aliphatic heterocycles. The number of carbonyl (C=O) groups is 2. The minimum absolute atomic E-state index is 0.377. The van der Waals surface area contributed by atoms with Crippen LogP contribution < -0.4 is 11.1 Å². The van der Waals surface area contributed by atoms with Gasteiger partial charge in [0.1, 0.15) is 6.04 Å². The molecule has 0 aromatic rings. The lowest BCUT2D eigenvalue weighted by Gasteiger charge is -2.16. The monoisotopic (exact) mass is 216 g/mol. The lowest BCUT2D eigenvalue weighted by Crippen LogP contribution is -2.48. The van der Waals surface area contributed by atoms with Crippen LogP contribution in [0, 0.1) is 0 Å². The first-order chi connectivity index (χ1) is 7.02. The highest BCUT2D eigenvalue weighted by Crippen LogP contribution is 1.99. The largest absolute Gasteiger partial charge is 0.480 e. The first kappa shape index (κ1) is 13.9. The Morgan fingerprint density at radius 3 is 2.20 bits per heavy atom. The van der Waals surface area contributed by atoms with Crippen LogP contribution in [-0.4, -0.2) is 29.1 Å². The first-order valence-electron chi connectivity index (χ1n) is 5.31. The summed E-state index contributed by atoms with van der Waals surface area (Å²) in [5, 5.41) is 11.2. The van der Waals surface area contributed by atoms with E-state index in [-0.39, 0.29) is 5.91 Å². The number of hydrogen-bond acceptors (Lipinski definition) is 3. The van der Waals surface area contributed by atoms with Gasteiger partial charge in [0.25, 0.3) is 0 Å². The van der Waals surface area contributed by atoms with Gasteiger partial charge in [-0.05, 0) is 12.8 Å². The molecule has 0 bridgehead atoms. The van der Waals surface area contributed by atoms with Crippen LogP contribution in [-0.2, 0) is 9.59 Å². The average molecular weight is 216 g/mol. The Kier molecular flexibility index (Phi) is 6.70. The number of hydrogen-bond donors (Lipinski definition) is 3. The number of nitrogens with two attached hydrogens (primary N) is 1. The molecule has 0 fully saturated rings. The molecule has 0 spiro atoms. The van der Waals surface area contributed by atoms with Crippen LogP contribution in [0.15, 0.2) is 0 Å². The highest BCUT2D eigenvalue weighted by atomic mass is 16.4. The van der Waals surface area contributed by atoms with E-state index in [2.05, 4.69) is 5.32 Å². The van der Waals surface area contributed by atoms with Crippen LogP contribution in [0.3, 0.4) is 0 Å². The van der Waals surface area contributed by atoms with Crippen molar-refractivity contribution >= 4 is 11.9 Å². The fraction of sp³-hybridized carbons (Fsp3) is 0.800. The summed E-state index contributed by atoms with van der Waals surface area (Å²) in [5.41, 5.74) is 5.57. The lowest BCUT2D eigenvalue weighted by atomic mass is 10.1. The van der Waals surface area contributed by atoms with E-state index in [1.165, 1.54) is 0 Å². The second-order valence-corrected chi connectivity index (χ2v) is 3.58. The van der Waals surface area contributed by atoms with Crippen molar-refractivity contribution in [2.45, 2.75) is 51.6 Å². The summed E-state index contributed by atoms with van der Waals surface area (Å²) in [6, 6.07) is -1.42. The third-order valence-corrected chi connectivity index (χ3v) is 2.13. The van der Waals surface area contributed by atoms with E-state index in [4.69, 9.17) is 10.8 Å². The van der Waals surface area contributed by atoms with Gasteiger partial charge in [0.15, 0.2) is 0 Å². The van der Waals surface area contributed by atoms with E-state index in [1.807, 2.05) is 13.8 Å². The third kappa shape index (κ3) is 5.37. The maximum atomic E-state index is 11.4. The van der Waals surface area contributed by atoms with Crippen LogP contribution in [0.5, 0.6) is 0 Å². The van der Waals surface area contributed by atoms with Crippen molar-refractivity contribution in [3.63, 3.8) is 0 Å². The second kappa shape index (κ2) is 7.23. The van der Waals surface area contributed by atoms with Crippen LogP contribution >= 0.6 is 0 Å². The van der Waals surface area contributed by atoms with Crippen LogP contribution in [0.2, 0.25) is 0 Å². The maximum Gasteiger partial charge on any atom is 0.326 e. The van der Waals surface area contributed by atoms with Gasteiger partial charge in [-0.15, -0.1) is 0 Å². The molecule has 88 valence electrons. The molecule has 2 atom stereocenters. The number of carbonyl (C=O) groups excluding carboxylic acids is 1. The quantitative estimate of drug-likeness (QED) is 0.577. The molecule has 1 amide bonds. The Labute approximate surface area is 90.0 Å². The SMILES string of the molecule is CCC[C@H](NC(=O)[C@@H](N)CCC)C(=O)O. The maximum absolute atomic E-state index is 11.4. The molecular formula is C10H20N2O3. The Balaban J connectivity index is 4.15. The molecule has 0 saturated heterocycles. The normalized spacial score (nSPS) is 14.3. The molecule has 0 rings (SSSR count). The van der Waals surface area contributed by atoms with Gasteiger partial charge in [-0.2, -0.15) is 0 Å². The van der Waals surface area contributed by atoms with E-state index in [1.54, 1.807) is 0 Å². The molecule has 0 aromatic heterocycles. The molecule has 0 aliphatic carbocycles. The van der Waals surface area contributed by atoms with E-state index in [0.29, 0.717) is 19.3 Å². The molecule has 5 heteroatoms. The van der Waals surface area contributed by atoms with E-state index < -0.39 is 18.1 Å². The predicted octanol–water partition coefficient (Wildman–Crippen LogP) is 0.483. The van der Waals surface area contributed by atoms with Gasteiger partial charge in [-0.3, -0.25) is 4.79 Å². The number of rotatable bonds is 7. The number of aliphatic carboxylic acids is 1. The van der Waals surface area contributed by atoms with Gasteiger partial charge in [-0.1, -0.05) is 26.7 Å². The van der Waals surface area contributed by atoms with Crippen molar-refractivity contribution in [2.24, 2.45) is 5.73 Å². The Morgan fingerprint density at radius 1 is 1.27 bits per heavy atom. The van der Waals surface area contributed by atoms with Gasteiger partial charge in [-0.25, -0.2) is 4.79 Å².